The summed E-state index contributed by atoms with van der Waals surface area (Å²) in [7, 11) is 0. The van der Waals surface area contributed by atoms with Crippen LogP contribution in [0.25, 0.3) is 107 Å². The van der Waals surface area contributed by atoms with E-state index in [-0.39, 0.29) is 0 Å². The largest absolute Gasteiger partial charge is 0.263 e. The van der Waals surface area contributed by atoms with Gasteiger partial charge in [0.1, 0.15) is 0 Å². The molecule has 0 aliphatic rings. The molecular weight excluding hydrogens is 715 g/mol. The van der Waals surface area contributed by atoms with Gasteiger partial charge in [0.05, 0.1) is 0 Å². The van der Waals surface area contributed by atoms with Crippen molar-refractivity contribution in [2.75, 3.05) is 0 Å². The van der Waals surface area contributed by atoms with E-state index in [0.29, 0.717) is 0 Å². The standard InChI is InChI=1S/C53H33NS2/c1-3-19-50-46(13-1)48-17-7-15-44(52(48)55-50)36-25-21-34(22-26-36)38-9-5-11-40(29-38)42-31-43(33-54-32-42)41-12-6-10-39(30-41)35-23-27-37(28-24-35)45-16-8-18-49-47-14-2-4-20-51(47)56-53(45)49/h1-33H. The Labute approximate surface area is 333 Å². The second-order valence-corrected chi connectivity index (χ2v) is 16.4. The molecule has 0 amide bonds. The van der Waals surface area contributed by atoms with Gasteiger partial charge in [-0.1, -0.05) is 158 Å². The van der Waals surface area contributed by atoms with E-state index in [1.54, 1.807) is 0 Å². The zero-order valence-electron chi connectivity index (χ0n) is 30.3. The zero-order valence-corrected chi connectivity index (χ0v) is 31.9. The van der Waals surface area contributed by atoms with Crippen LogP contribution in [0.4, 0.5) is 0 Å². The summed E-state index contributed by atoms with van der Waals surface area (Å²) in [5.41, 5.74) is 14.3. The third-order valence-electron chi connectivity index (χ3n) is 11.0. The predicted molar refractivity (Wildman–Crippen MR) is 243 cm³/mol. The Morgan fingerprint density at radius 1 is 0.268 bits per heavy atom. The normalized spacial score (nSPS) is 11.6. The van der Waals surface area contributed by atoms with Crippen LogP contribution >= 0.6 is 22.7 Å². The molecule has 56 heavy (non-hydrogen) atoms. The summed E-state index contributed by atoms with van der Waals surface area (Å²) in [6.45, 7) is 0. The van der Waals surface area contributed by atoms with Gasteiger partial charge in [-0.2, -0.15) is 0 Å². The van der Waals surface area contributed by atoms with Crippen LogP contribution in [0.15, 0.2) is 200 Å². The molecule has 11 rings (SSSR count). The number of rotatable bonds is 6. The molecule has 8 aromatic carbocycles. The maximum atomic E-state index is 4.72. The molecule has 0 aliphatic carbocycles. The second-order valence-electron chi connectivity index (χ2n) is 14.3. The number of fused-ring (bicyclic) bond motifs is 6. The van der Waals surface area contributed by atoms with Crippen LogP contribution in [0.1, 0.15) is 0 Å². The molecule has 0 saturated heterocycles. The Hall–Kier alpha value is -6.65. The van der Waals surface area contributed by atoms with Crippen molar-refractivity contribution in [3.05, 3.63) is 200 Å². The van der Waals surface area contributed by atoms with Crippen LogP contribution in [-0.2, 0) is 0 Å². The SMILES string of the molecule is c1cc(-c2ccc(-c3cccc4c3sc3ccccc34)cc2)cc(-c2cncc(-c3cccc(-c4ccc(-c5cccc6c5sc5ccccc56)cc4)c3)c2)c1. The summed E-state index contributed by atoms with van der Waals surface area (Å²) in [6.07, 6.45) is 3.94. The first-order chi connectivity index (χ1) is 27.7. The van der Waals surface area contributed by atoms with E-state index < -0.39 is 0 Å². The summed E-state index contributed by atoms with van der Waals surface area (Å²) in [5.74, 6) is 0. The fourth-order valence-corrected chi connectivity index (χ4v) is 10.6. The van der Waals surface area contributed by atoms with Gasteiger partial charge in [0.2, 0.25) is 0 Å². The lowest BCUT2D eigenvalue weighted by atomic mass is 9.95. The van der Waals surface area contributed by atoms with E-state index in [1.165, 1.54) is 84.9 Å². The Morgan fingerprint density at radius 3 is 1.09 bits per heavy atom. The van der Waals surface area contributed by atoms with Crippen molar-refractivity contribution in [3.8, 4) is 66.8 Å². The lowest BCUT2D eigenvalue weighted by Crippen LogP contribution is -1.87. The van der Waals surface area contributed by atoms with Crippen LogP contribution in [0, 0.1) is 0 Å². The molecule has 0 atom stereocenters. The van der Waals surface area contributed by atoms with E-state index in [2.05, 4.69) is 188 Å². The van der Waals surface area contributed by atoms with Gasteiger partial charge in [-0.3, -0.25) is 4.98 Å². The maximum absolute atomic E-state index is 4.72. The highest BCUT2D eigenvalue weighted by Gasteiger charge is 2.13. The second kappa shape index (κ2) is 13.6. The highest BCUT2D eigenvalue weighted by Crippen LogP contribution is 2.42. The summed E-state index contributed by atoms with van der Waals surface area (Å²) in [4.78, 5) is 4.72. The van der Waals surface area contributed by atoms with E-state index in [4.69, 9.17) is 4.98 Å². The minimum absolute atomic E-state index is 1.10. The number of thiophene rings is 2. The number of nitrogens with zero attached hydrogens (tertiary/aromatic N) is 1. The fourth-order valence-electron chi connectivity index (χ4n) is 8.15. The van der Waals surface area contributed by atoms with E-state index >= 15 is 0 Å². The molecule has 0 radical (unpaired) electrons. The molecule has 0 bridgehead atoms. The summed E-state index contributed by atoms with van der Waals surface area (Å²) < 4.78 is 5.35. The van der Waals surface area contributed by atoms with Gasteiger partial charge in [-0.25, -0.2) is 0 Å². The van der Waals surface area contributed by atoms with Gasteiger partial charge in [0.25, 0.3) is 0 Å². The highest BCUT2D eigenvalue weighted by molar-refractivity contribution is 7.26. The fraction of sp³-hybridized carbons (Fsp3) is 0. The molecule has 262 valence electrons. The number of pyridine rings is 1. The van der Waals surface area contributed by atoms with Crippen molar-refractivity contribution < 1.29 is 0 Å². The highest BCUT2D eigenvalue weighted by atomic mass is 32.1. The zero-order chi connectivity index (χ0) is 37.0. The smallest absolute Gasteiger partial charge is 0.0433 e. The molecule has 0 N–H and O–H groups in total. The van der Waals surface area contributed by atoms with Crippen molar-refractivity contribution in [1.82, 2.24) is 4.98 Å². The number of hydrogen-bond donors (Lipinski definition) is 0. The molecule has 0 fully saturated rings. The minimum atomic E-state index is 1.10. The topological polar surface area (TPSA) is 12.9 Å². The molecule has 0 unspecified atom stereocenters. The van der Waals surface area contributed by atoms with Gasteiger partial charge in [-0.15, -0.1) is 22.7 Å². The molecule has 0 aliphatic heterocycles. The number of hydrogen-bond acceptors (Lipinski definition) is 3. The summed E-state index contributed by atoms with van der Waals surface area (Å²) in [6, 6.07) is 68.6. The predicted octanol–water partition coefficient (Wildman–Crippen LogP) is 15.8. The van der Waals surface area contributed by atoms with Crippen molar-refractivity contribution in [3.63, 3.8) is 0 Å². The van der Waals surface area contributed by atoms with Gasteiger partial charge in [-0.05, 0) is 86.0 Å². The average Bonchev–Trinajstić information content (AvgIpc) is 3.86. The first-order valence-electron chi connectivity index (χ1n) is 18.9. The molecule has 11 aromatic rings. The van der Waals surface area contributed by atoms with Crippen LogP contribution in [0.5, 0.6) is 0 Å². The molecule has 0 saturated carbocycles. The Kier molecular flexibility index (Phi) is 7.94. The number of benzene rings is 8. The third-order valence-corrected chi connectivity index (χ3v) is 13.4. The van der Waals surface area contributed by atoms with E-state index in [9.17, 15) is 0 Å². The molecule has 1 nitrogen and oxygen atoms in total. The van der Waals surface area contributed by atoms with Crippen LogP contribution in [-0.4, -0.2) is 4.98 Å². The average molecular weight is 748 g/mol. The van der Waals surface area contributed by atoms with Crippen LogP contribution in [0.3, 0.4) is 0 Å². The molecule has 3 aromatic heterocycles. The first-order valence-corrected chi connectivity index (χ1v) is 20.5. The Bertz CT molecular complexity index is 3020. The number of aromatic nitrogens is 1. The molecular formula is C53H33NS2. The Balaban J connectivity index is 0.860. The lowest BCUT2D eigenvalue weighted by molar-refractivity contribution is 1.33. The van der Waals surface area contributed by atoms with E-state index in [0.717, 1.165) is 22.3 Å². The maximum Gasteiger partial charge on any atom is 0.0433 e. The van der Waals surface area contributed by atoms with Crippen molar-refractivity contribution in [2.45, 2.75) is 0 Å². The van der Waals surface area contributed by atoms with Crippen LogP contribution in [0.2, 0.25) is 0 Å². The summed E-state index contributed by atoms with van der Waals surface area (Å²) in [5, 5.41) is 5.32. The monoisotopic (exact) mass is 747 g/mol. The van der Waals surface area contributed by atoms with Gasteiger partial charge in [0.15, 0.2) is 0 Å². The van der Waals surface area contributed by atoms with E-state index in [1.807, 2.05) is 35.1 Å². The van der Waals surface area contributed by atoms with Gasteiger partial charge < -0.3 is 0 Å². The molecule has 0 spiro atoms. The molecule has 3 heterocycles. The van der Waals surface area contributed by atoms with Crippen molar-refractivity contribution in [1.29, 1.82) is 0 Å². The van der Waals surface area contributed by atoms with Gasteiger partial charge >= 0.3 is 0 Å². The Morgan fingerprint density at radius 2 is 0.625 bits per heavy atom. The molecule has 3 heteroatoms. The minimum Gasteiger partial charge on any atom is -0.263 e. The van der Waals surface area contributed by atoms with Crippen molar-refractivity contribution in [2.24, 2.45) is 0 Å². The van der Waals surface area contributed by atoms with Gasteiger partial charge in [0, 0.05) is 63.9 Å². The quantitative estimate of drug-likeness (QED) is 0.165. The third kappa shape index (κ3) is 5.72. The van der Waals surface area contributed by atoms with Crippen LogP contribution < -0.4 is 0 Å². The first kappa shape index (κ1) is 32.8. The van der Waals surface area contributed by atoms with Crippen molar-refractivity contribution >= 4 is 63.0 Å². The summed E-state index contributed by atoms with van der Waals surface area (Å²) >= 11 is 3.75. The lowest BCUT2D eigenvalue weighted by Gasteiger charge is -2.10.